The molecule has 0 bridgehead atoms. The fourth-order valence-electron chi connectivity index (χ4n) is 4.13. The van der Waals surface area contributed by atoms with Crippen LogP contribution in [-0.2, 0) is 6.42 Å². The van der Waals surface area contributed by atoms with Crippen LogP contribution in [0.5, 0.6) is 0 Å². The van der Waals surface area contributed by atoms with Crippen LogP contribution in [-0.4, -0.2) is 18.5 Å². The summed E-state index contributed by atoms with van der Waals surface area (Å²) in [4.78, 5) is 2.34. The average molecular weight is 404 g/mol. The molecule has 0 saturated carbocycles. The number of likely N-dealkylation sites (N-methyl/N-ethyl adjacent to an activating group) is 1. The average Bonchev–Trinajstić information content (AvgIpc) is 2.74. The van der Waals surface area contributed by atoms with E-state index in [0.717, 1.165) is 30.5 Å². The summed E-state index contributed by atoms with van der Waals surface area (Å²) in [6, 6.07) is 6.47. The SMILES string of the molecule is C#Cc1ccc(C(/C(C(=C)C)=C(/C)N(C)C/C(C)=C\C)C(C)C(=C)CC)c(CC)c1. The molecule has 0 aliphatic rings. The van der Waals surface area contributed by atoms with Crippen LogP contribution in [0.15, 0.2) is 65.4 Å². The Kier molecular flexibility index (Phi) is 9.94. The Hall–Kier alpha value is -2.46. The van der Waals surface area contributed by atoms with Crippen molar-refractivity contribution in [2.45, 2.75) is 67.2 Å². The van der Waals surface area contributed by atoms with E-state index in [9.17, 15) is 0 Å². The van der Waals surface area contributed by atoms with E-state index in [1.54, 1.807) is 0 Å². The van der Waals surface area contributed by atoms with Gasteiger partial charge in [-0.3, -0.25) is 0 Å². The summed E-state index contributed by atoms with van der Waals surface area (Å²) in [5, 5.41) is 0. The molecule has 0 spiro atoms. The number of allylic oxidation sites excluding steroid dienone is 5. The van der Waals surface area contributed by atoms with Gasteiger partial charge in [0.25, 0.3) is 0 Å². The Labute approximate surface area is 186 Å². The molecule has 0 N–H and O–H groups in total. The normalized spacial score (nSPS) is 14.4. The van der Waals surface area contributed by atoms with E-state index in [2.05, 4.69) is 104 Å². The van der Waals surface area contributed by atoms with Gasteiger partial charge in [-0.2, -0.15) is 0 Å². The zero-order valence-corrected chi connectivity index (χ0v) is 20.5. The molecule has 0 amide bonds. The quantitative estimate of drug-likeness (QED) is 0.220. The lowest BCUT2D eigenvalue weighted by atomic mass is 9.73. The molecule has 2 unspecified atom stereocenters. The molecular weight excluding hydrogens is 362 g/mol. The van der Waals surface area contributed by atoms with Crippen LogP contribution in [0.1, 0.15) is 77.5 Å². The summed E-state index contributed by atoms with van der Waals surface area (Å²) in [5.74, 6) is 3.29. The predicted octanol–water partition coefficient (Wildman–Crippen LogP) is 7.66. The molecule has 30 heavy (non-hydrogen) atoms. The van der Waals surface area contributed by atoms with Gasteiger partial charge in [0, 0.05) is 30.8 Å². The smallest absolute Gasteiger partial charge is 0.0379 e. The third-order valence-corrected chi connectivity index (χ3v) is 6.34. The molecule has 0 aliphatic heterocycles. The minimum atomic E-state index is 0.199. The highest BCUT2D eigenvalue weighted by Crippen LogP contribution is 2.42. The van der Waals surface area contributed by atoms with Crippen molar-refractivity contribution < 1.29 is 0 Å². The Morgan fingerprint density at radius 1 is 1.20 bits per heavy atom. The summed E-state index contributed by atoms with van der Waals surface area (Å²) in [6.45, 7) is 25.0. The Morgan fingerprint density at radius 3 is 2.30 bits per heavy atom. The highest BCUT2D eigenvalue weighted by atomic mass is 15.1. The van der Waals surface area contributed by atoms with Gasteiger partial charge < -0.3 is 4.90 Å². The van der Waals surface area contributed by atoms with E-state index < -0.39 is 0 Å². The minimum Gasteiger partial charge on any atom is -0.374 e. The second-order valence-corrected chi connectivity index (χ2v) is 8.46. The maximum atomic E-state index is 5.69. The van der Waals surface area contributed by atoms with E-state index in [4.69, 9.17) is 6.42 Å². The summed E-state index contributed by atoms with van der Waals surface area (Å²) in [7, 11) is 2.17. The summed E-state index contributed by atoms with van der Waals surface area (Å²) in [6.07, 6.45) is 9.78. The van der Waals surface area contributed by atoms with Crippen LogP contribution < -0.4 is 0 Å². The fraction of sp³-hybridized carbons (Fsp3) is 0.448. The van der Waals surface area contributed by atoms with Gasteiger partial charge in [-0.05, 0) is 75.3 Å². The number of hydrogen-bond donors (Lipinski definition) is 0. The first-order valence-corrected chi connectivity index (χ1v) is 11.1. The van der Waals surface area contributed by atoms with Crippen molar-refractivity contribution in [3.63, 3.8) is 0 Å². The van der Waals surface area contributed by atoms with Gasteiger partial charge >= 0.3 is 0 Å². The van der Waals surface area contributed by atoms with Crippen LogP contribution in [0.3, 0.4) is 0 Å². The van der Waals surface area contributed by atoms with E-state index in [1.165, 1.54) is 33.5 Å². The molecule has 1 aromatic rings. The van der Waals surface area contributed by atoms with Crippen LogP contribution >= 0.6 is 0 Å². The van der Waals surface area contributed by atoms with Crippen molar-refractivity contribution >= 4 is 0 Å². The number of nitrogens with zero attached hydrogens (tertiary/aromatic N) is 1. The number of rotatable bonds is 10. The third kappa shape index (κ3) is 6.02. The molecule has 0 radical (unpaired) electrons. The monoisotopic (exact) mass is 403 g/mol. The largest absolute Gasteiger partial charge is 0.374 e. The van der Waals surface area contributed by atoms with Crippen LogP contribution in [0.2, 0.25) is 0 Å². The van der Waals surface area contributed by atoms with Crippen molar-refractivity contribution in [2.24, 2.45) is 5.92 Å². The number of terminal acetylenes is 1. The first kappa shape index (κ1) is 25.6. The molecule has 1 heteroatoms. The molecule has 1 aromatic carbocycles. The zero-order chi connectivity index (χ0) is 23.0. The minimum absolute atomic E-state index is 0.199. The Balaban J connectivity index is 3.79. The van der Waals surface area contributed by atoms with Crippen molar-refractivity contribution in [3.05, 3.63) is 82.1 Å². The van der Waals surface area contributed by atoms with Gasteiger partial charge in [-0.1, -0.05) is 68.7 Å². The summed E-state index contributed by atoms with van der Waals surface area (Å²) in [5.41, 5.74) is 9.90. The molecule has 0 aliphatic carbocycles. The van der Waals surface area contributed by atoms with Crippen molar-refractivity contribution in [1.82, 2.24) is 4.90 Å². The molecule has 0 heterocycles. The van der Waals surface area contributed by atoms with Crippen LogP contribution in [0, 0.1) is 18.3 Å². The molecule has 162 valence electrons. The fourth-order valence-corrected chi connectivity index (χ4v) is 4.13. The van der Waals surface area contributed by atoms with E-state index in [1.807, 2.05) is 0 Å². The zero-order valence-electron chi connectivity index (χ0n) is 20.5. The first-order valence-electron chi connectivity index (χ1n) is 11.1. The Bertz CT molecular complexity index is 872. The topological polar surface area (TPSA) is 3.24 Å². The van der Waals surface area contributed by atoms with E-state index in [0.29, 0.717) is 5.92 Å². The molecule has 0 saturated heterocycles. The molecule has 1 rings (SSSR count). The second kappa shape index (κ2) is 11.7. The highest BCUT2D eigenvalue weighted by molar-refractivity contribution is 5.49. The van der Waals surface area contributed by atoms with Crippen molar-refractivity contribution in [2.75, 3.05) is 13.6 Å². The second-order valence-electron chi connectivity index (χ2n) is 8.46. The lowest BCUT2D eigenvalue weighted by Crippen LogP contribution is -2.25. The van der Waals surface area contributed by atoms with Gasteiger partial charge in [-0.25, -0.2) is 0 Å². The van der Waals surface area contributed by atoms with E-state index >= 15 is 0 Å². The third-order valence-electron chi connectivity index (χ3n) is 6.34. The lowest BCUT2D eigenvalue weighted by molar-refractivity contribution is 0.437. The van der Waals surface area contributed by atoms with Gasteiger partial charge in [0.05, 0.1) is 0 Å². The van der Waals surface area contributed by atoms with Gasteiger partial charge in [0.1, 0.15) is 0 Å². The highest BCUT2D eigenvalue weighted by Gasteiger charge is 2.29. The summed E-state index contributed by atoms with van der Waals surface area (Å²) >= 11 is 0. The van der Waals surface area contributed by atoms with Crippen LogP contribution in [0.4, 0.5) is 0 Å². The van der Waals surface area contributed by atoms with Crippen molar-refractivity contribution in [1.29, 1.82) is 0 Å². The number of benzene rings is 1. The lowest BCUT2D eigenvalue weighted by Gasteiger charge is -2.34. The Morgan fingerprint density at radius 2 is 1.83 bits per heavy atom. The van der Waals surface area contributed by atoms with Gasteiger partial charge in [0.15, 0.2) is 0 Å². The van der Waals surface area contributed by atoms with Crippen molar-refractivity contribution in [3.8, 4) is 12.3 Å². The van der Waals surface area contributed by atoms with Crippen LogP contribution in [0.25, 0.3) is 0 Å². The molecular formula is C29H41N. The molecule has 0 fully saturated rings. The maximum absolute atomic E-state index is 5.69. The molecule has 2 atom stereocenters. The number of hydrogen-bond acceptors (Lipinski definition) is 1. The molecule has 0 aromatic heterocycles. The molecule has 1 nitrogen and oxygen atoms in total. The summed E-state index contributed by atoms with van der Waals surface area (Å²) < 4.78 is 0. The maximum Gasteiger partial charge on any atom is 0.0379 e. The predicted molar refractivity (Wildman–Crippen MR) is 135 cm³/mol. The van der Waals surface area contributed by atoms with Gasteiger partial charge in [-0.15, -0.1) is 6.42 Å². The van der Waals surface area contributed by atoms with Gasteiger partial charge in [0.2, 0.25) is 0 Å². The number of aryl methyl sites for hydroxylation is 1. The standard InChI is InChI=1S/C29H41N/c1-12-21(7)19-30(11)24(10)28(20(5)6)29(23(9)22(8)13-2)27-17-16-25(14-3)18-26(27)15-4/h3,12,16-18,23,29H,5,8,13,15,19H2,1-2,4,6-7,9-11H3/b21-12-,28-24-. The first-order chi connectivity index (χ1) is 14.1. The van der Waals surface area contributed by atoms with E-state index in [-0.39, 0.29) is 5.92 Å².